The van der Waals surface area contributed by atoms with E-state index in [0.29, 0.717) is 12.1 Å². The molecule has 0 radical (unpaired) electrons. The molecule has 0 saturated heterocycles. The van der Waals surface area contributed by atoms with Crippen LogP contribution in [0.4, 0.5) is 5.82 Å². The highest BCUT2D eigenvalue weighted by Crippen LogP contribution is 2.12. The fourth-order valence-corrected chi connectivity index (χ4v) is 1.50. The number of nitrogens with one attached hydrogen (secondary N) is 1. The summed E-state index contributed by atoms with van der Waals surface area (Å²) >= 11 is 0. The van der Waals surface area contributed by atoms with Crippen molar-refractivity contribution in [2.75, 3.05) is 25.5 Å². The minimum atomic E-state index is 0.0394. The van der Waals surface area contributed by atoms with Gasteiger partial charge in [0.05, 0.1) is 0 Å². The summed E-state index contributed by atoms with van der Waals surface area (Å²) in [5, 5.41) is 3.21. The summed E-state index contributed by atoms with van der Waals surface area (Å²) in [4.78, 5) is 18.1. The Labute approximate surface area is 103 Å². The van der Waals surface area contributed by atoms with E-state index in [0.717, 1.165) is 24.5 Å². The van der Waals surface area contributed by atoms with E-state index in [-0.39, 0.29) is 5.91 Å². The maximum Gasteiger partial charge on any atom is 0.253 e. The highest BCUT2D eigenvalue weighted by atomic mass is 16.2. The normalized spacial score (nSPS) is 10.1. The van der Waals surface area contributed by atoms with Crippen molar-refractivity contribution in [1.29, 1.82) is 0 Å². The summed E-state index contributed by atoms with van der Waals surface area (Å²) in [6, 6.07) is 3.64. The summed E-state index contributed by atoms with van der Waals surface area (Å²) in [5.74, 6) is 0.817. The van der Waals surface area contributed by atoms with Crippen LogP contribution in [0.5, 0.6) is 0 Å². The van der Waals surface area contributed by atoms with E-state index in [2.05, 4.69) is 17.2 Å². The summed E-state index contributed by atoms with van der Waals surface area (Å²) < 4.78 is 0. The second-order valence-electron chi connectivity index (χ2n) is 4.13. The molecule has 1 aromatic rings. The predicted molar refractivity (Wildman–Crippen MR) is 70.4 cm³/mol. The van der Waals surface area contributed by atoms with Gasteiger partial charge in [0.25, 0.3) is 5.91 Å². The van der Waals surface area contributed by atoms with E-state index in [1.807, 2.05) is 26.0 Å². The average molecular weight is 235 g/mol. The molecule has 0 aromatic carbocycles. The Hall–Kier alpha value is -1.58. The molecule has 0 atom stereocenters. The Bertz CT molecular complexity index is 390. The van der Waals surface area contributed by atoms with Crippen molar-refractivity contribution < 1.29 is 4.79 Å². The van der Waals surface area contributed by atoms with Gasteiger partial charge in [0.15, 0.2) is 0 Å². The van der Waals surface area contributed by atoms with Gasteiger partial charge in [-0.15, -0.1) is 0 Å². The smallest absolute Gasteiger partial charge is 0.253 e. The first-order valence-electron chi connectivity index (χ1n) is 6.06. The first-order valence-corrected chi connectivity index (χ1v) is 6.06. The lowest BCUT2D eigenvalue weighted by molar-refractivity contribution is 0.0802. The van der Waals surface area contributed by atoms with Crippen molar-refractivity contribution in [2.45, 2.75) is 27.2 Å². The first kappa shape index (κ1) is 13.5. The molecule has 0 aliphatic heterocycles. The Balaban J connectivity index is 2.92. The quantitative estimate of drug-likeness (QED) is 0.851. The van der Waals surface area contributed by atoms with Gasteiger partial charge < -0.3 is 10.2 Å². The zero-order valence-corrected chi connectivity index (χ0v) is 11.1. The SMILES string of the molecule is CCCNc1cc(C(=O)N(C)CC)cc(C)n1. The predicted octanol–water partition coefficient (Wildman–Crippen LogP) is 2.30. The molecule has 4 heteroatoms. The minimum Gasteiger partial charge on any atom is -0.370 e. The number of carbonyl (C=O) groups excluding carboxylic acids is 1. The third-order valence-corrected chi connectivity index (χ3v) is 2.58. The van der Waals surface area contributed by atoms with E-state index in [1.54, 1.807) is 11.9 Å². The lowest BCUT2D eigenvalue weighted by atomic mass is 10.2. The molecule has 1 heterocycles. The van der Waals surface area contributed by atoms with E-state index in [1.165, 1.54) is 0 Å². The largest absolute Gasteiger partial charge is 0.370 e. The van der Waals surface area contributed by atoms with Crippen LogP contribution >= 0.6 is 0 Å². The summed E-state index contributed by atoms with van der Waals surface area (Å²) in [5.41, 5.74) is 1.56. The molecule has 1 amide bonds. The lowest BCUT2D eigenvalue weighted by Crippen LogP contribution is -2.26. The van der Waals surface area contributed by atoms with Crippen LogP contribution in [0.25, 0.3) is 0 Å². The third-order valence-electron chi connectivity index (χ3n) is 2.58. The first-order chi connectivity index (χ1) is 8.08. The van der Waals surface area contributed by atoms with Crippen LogP contribution in [0.1, 0.15) is 36.3 Å². The molecule has 0 aliphatic rings. The van der Waals surface area contributed by atoms with Gasteiger partial charge in [-0.3, -0.25) is 4.79 Å². The molecule has 94 valence electrons. The number of rotatable bonds is 5. The van der Waals surface area contributed by atoms with E-state index >= 15 is 0 Å². The van der Waals surface area contributed by atoms with Gasteiger partial charge in [-0.05, 0) is 32.4 Å². The molecule has 0 bridgehead atoms. The molecule has 0 spiro atoms. The summed E-state index contributed by atoms with van der Waals surface area (Å²) in [6.07, 6.45) is 1.04. The van der Waals surface area contributed by atoms with Crippen molar-refractivity contribution in [3.8, 4) is 0 Å². The van der Waals surface area contributed by atoms with Crippen molar-refractivity contribution in [2.24, 2.45) is 0 Å². The molecule has 1 aromatic heterocycles. The molecule has 17 heavy (non-hydrogen) atoms. The van der Waals surface area contributed by atoms with Gasteiger partial charge in [0, 0.05) is 31.4 Å². The second kappa shape index (κ2) is 6.23. The van der Waals surface area contributed by atoms with Crippen LogP contribution in [0, 0.1) is 6.92 Å². The molecular weight excluding hydrogens is 214 g/mol. The van der Waals surface area contributed by atoms with Crippen LogP contribution in [0.3, 0.4) is 0 Å². The van der Waals surface area contributed by atoms with E-state index in [4.69, 9.17) is 0 Å². The number of aryl methyl sites for hydroxylation is 1. The molecule has 0 unspecified atom stereocenters. The Morgan fingerprint density at radius 3 is 2.71 bits per heavy atom. The van der Waals surface area contributed by atoms with Crippen molar-refractivity contribution >= 4 is 11.7 Å². The number of anilines is 1. The van der Waals surface area contributed by atoms with Gasteiger partial charge in [-0.25, -0.2) is 4.98 Å². The van der Waals surface area contributed by atoms with Gasteiger partial charge in [0.2, 0.25) is 0 Å². The van der Waals surface area contributed by atoms with Crippen molar-refractivity contribution in [1.82, 2.24) is 9.88 Å². The topological polar surface area (TPSA) is 45.2 Å². The zero-order valence-electron chi connectivity index (χ0n) is 11.1. The number of pyridine rings is 1. The Kier molecular flexibility index (Phi) is 4.94. The summed E-state index contributed by atoms with van der Waals surface area (Å²) in [7, 11) is 1.80. The van der Waals surface area contributed by atoms with Crippen LogP contribution in [0.2, 0.25) is 0 Å². The van der Waals surface area contributed by atoms with E-state index < -0.39 is 0 Å². The lowest BCUT2D eigenvalue weighted by Gasteiger charge is -2.15. The molecular formula is C13H21N3O. The maximum absolute atomic E-state index is 12.0. The maximum atomic E-state index is 12.0. The molecule has 4 nitrogen and oxygen atoms in total. The van der Waals surface area contributed by atoms with Gasteiger partial charge in [0.1, 0.15) is 5.82 Å². The molecule has 0 aliphatic carbocycles. The van der Waals surface area contributed by atoms with Crippen LogP contribution in [-0.4, -0.2) is 35.9 Å². The molecule has 1 N–H and O–H groups in total. The van der Waals surface area contributed by atoms with E-state index in [9.17, 15) is 4.79 Å². The highest BCUT2D eigenvalue weighted by Gasteiger charge is 2.11. The number of amides is 1. The Morgan fingerprint density at radius 2 is 2.12 bits per heavy atom. The van der Waals surface area contributed by atoms with Gasteiger partial charge >= 0.3 is 0 Å². The van der Waals surface area contributed by atoms with Crippen LogP contribution < -0.4 is 5.32 Å². The number of hydrogen-bond acceptors (Lipinski definition) is 3. The minimum absolute atomic E-state index is 0.0394. The zero-order chi connectivity index (χ0) is 12.8. The number of hydrogen-bond donors (Lipinski definition) is 1. The highest BCUT2D eigenvalue weighted by molar-refractivity contribution is 5.94. The number of nitrogens with zero attached hydrogens (tertiary/aromatic N) is 2. The fourth-order valence-electron chi connectivity index (χ4n) is 1.50. The van der Waals surface area contributed by atoms with Crippen LogP contribution in [-0.2, 0) is 0 Å². The number of carbonyl (C=O) groups is 1. The van der Waals surface area contributed by atoms with Gasteiger partial charge in [-0.2, -0.15) is 0 Å². The fraction of sp³-hybridized carbons (Fsp3) is 0.538. The second-order valence-corrected chi connectivity index (χ2v) is 4.13. The Morgan fingerprint density at radius 1 is 1.41 bits per heavy atom. The third kappa shape index (κ3) is 3.73. The molecule has 1 rings (SSSR count). The summed E-state index contributed by atoms with van der Waals surface area (Å²) in [6.45, 7) is 7.54. The van der Waals surface area contributed by atoms with Gasteiger partial charge in [-0.1, -0.05) is 6.92 Å². The molecule has 0 fully saturated rings. The molecule has 0 saturated carbocycles. The van der Waals surface area contributed by atoms with Crippen molar-refractivity contribution in [3.63, 3.8) is 0 Å². The number of aromatic nitrogens is 1. The monoisotopic (exact) mass is 235 g/mol. The standard InChI is InChI=1S/C13H21N3O/c1-5-7-14-12-9-11(8-10(3)15-12)13(17)16(4)6-2/h8-9H,5-7H2,1-4H3,(H,14,15). The van der Waals surface area contributed by atoms with Crippen LogP contribution in [0.15, 0.2) is 12.1 Å². The van der Waals surface area contributed by atoms with Crippen molar-refractivity contribution in [3.05, 3.63) is 23.4 Å². The average Bonchev–Trinajstić information content (AvgIpc) is 2.33.